The highest BCUT2D eigenvalue weighted by Crippen LogP contribution is 2.19. The molecule has 0 heterocycles. The third kappa shape index (κ3) is 3.01. The van der Waals surface area contributed by atoms with Gasteiger partial charge in [-0.3, -0.25) is 0 Å². The molecule has 0 bridgehead atoms. The molecular formula is C18H20N2O2. The maximum atomic E-state index is 9.51. The maximum Gasteiger partial charge on any atom is 0.139 e. The monoisotopic (exact) mass is 296 g/mol. The second-order valence-electron chi connectivity index (χ2n) is 5.53. The average molecular weight is 296 g/mol. The fourth-order valence-corrected chi connectivity index (χ4v) is 2.44. The summed E-state index contributed by atoms with van der Waals surface area (Å²) in [6, 6.07) is 11.7. The molecule has 0 saturated carbocycles. The Hall–Kier alpha value is -2.62. The molecule has 0 aliphatic carbocycles. The Labute approximate surface area is 130 Å². The molecule has 0 saturated heterocycles. The Kier molecular flexibility index (Phi) is 4.61. The number of oxime groups is 2. The lowest BCUT2D eigenvalue weighted by molar-refractivity contribution is 0.314. The lowest BCUT2D eigenvalue weighted by Gasteiger charge is -2.13. The van der Waals surface area contributed by atoms with E-state index in [9.17, 15) is 10.4 Å². The standard InChI is InChI=1S/C18H20N2O2/c1-11-5-7-13(3)15(9-11)17(19-21)18(20-22)16-10-12(2)6-8-14(16)4/h5-10,21-22H,1-4H3/b19-17+,20-18+. The first-order valence-electron chi connectivity index (χ1n) is 7.07. The van der Waals surface area contributed by atoms with E-state index in [1.807, 2.05) is 64.1 Å². The van der Waals surface area contributed by atoms with Crippen LogP contribution in [0.3, 0.4) is 0 Å². The molecule has 0 atom stereocenters. The van der Waals surface area contributed by atoms with Crippen molar-refractivity contribution in [2.45, 2.75) is 27.7 Å². The average Bonchev–Trinajstić information content (AvgIpc) is 2.50. The van der Waals surface area contributed by atoms with Crippen LogP contribution in [-0.2, 0) is 0 Å². The Bertz CT molecular complexity index is 696. The summed E-state index contributed by atoms with van der Waals surface area (Å²) >= 11 is 0. The maximum absolute atomic E-state index is 9.51. The van der Waals surface area contributed by atoms with Crippen LogP contribution in [0.5, 0.6) is 0 Å². The van der Waals surface area contributed by atoms with E-state index in [0.717, 1.165) is 33.4 Å². The normalized spacial score (nSPS) is 12.5. The summed E-state index contributed by atoms with van der Waals surface area (Å²) in [6.45, 7) is 7.79. The topological polar surface area (TPSA) is 65.2 Å². The molecule has 0 fully saturated rings. The SMILES string of the molecule is Cc1ccc(C)c(C(=N\O)/C(=N/O)c2cc(C)ccc2C)c1. The number of nitrogens with zero attached hydrogens (tertiary/aromatic N) is 2. The van der Waals surface area contributed by atoms with E-state index in [-0.39, 0.29) is 11.4 Å². The molecule has 0 radical (unpaired) electrons. The molecule has 2 rings (SSSR count). The van der Waals surface area contributed by atoms with Gasteiger partial charge in [0.1, 0.15) is 11.4 Å². The molecule has 2 aromatic rings. The second-order valence-corrected chi connectivity index (χ2v) is 5.53. The quantitative estimate of drug-likeness (QED) is 0.511. The Morgan fingerprint density at radius 3 is 1.36 bits per heavy atom. The predicted molar refractivity (Wildman–Crippen MR) is 88.5 cm³/mol. The van der Waals surface area contributed by atoms with Gasteiger partial charge in [-0.25, -0.2) is 0 Å². The van der Waals surface area contributed by atoms with Crippen LogP contribution in [0.4, 0.5) is 0 Å². The van der Waals surface area contributed by atoms with Crippen molar-refractivity contribution < 1.29 is 10.4 Å². The third-order valence-electron chi connectivity index (χ3n) is 3.72. The highest BCUT2D eigenvalue weighted by Gasteiger charge is 2.19. The minimum Gasteiger partial charge on any atom is -0.410 e. The first-order valence-corrected chi connectivity index (χ1v) is 7.07. The predicted octanol–water partition coefficient (Wildman–Crippen LogP) is 3.98. The highest BCUT2D eigenvalue weighted by molar-refractivity contribution is 6.53. The van der Waals surface area contributed by atoms with Crippen LogP contribution in [0.1, 0.15) is 33.4 Å². The molecule has 4 nitrogen and oxygen atoms in total. The number of benzene rings is 2. The summed E-state index contributed by atoms with van der Waals surface area (Å²) in [5.74, 6) is 0. The van der Waals surface area contributed by atoms with E-state index in [1.165, 1.54) is 0 Å². The van der Waals surface area contributed by atoms with Gasteiger partial charge in [0.15, 0.2) is 0 Å². The first kappa shape index (κ1) is 15.8. The molecule has 114 valence electrons. The van der Waals surface area contributed by atoms with Crippen molar-refractivity contribution in [2.75, 3.05) is 0 Å². The highest BCUT2D eigenvalue weighted by atomic mass is 16.4. The first-order chi connectivity index (χ1) is 10.5. The molecule has 0 spiro atoms. The van der Waals surface area contributed by atoms with Gasteiger partial charge in [-0.1, -0.05) is 45.7 Å². The van der Waals surface area contributed by atoms with Gasteiger partial charge in [-0.05, 0) is 51.0 Å². The molecule has 0 unspecified atom stereocenters. The van der Waals surface area contributed by atoms with Crippen molar-refractivity contribution in [1.82, 2.24) is 0 Å². The van der Waals surface area contributed by atoms with E-state index in [4.69, 9.17) is 0 Å². The van der Waals surface area contributed by atoms with Gasteiger partial charge >= 0.3 is 0 Å². The lowest BCUT2D eigenvalue weighted by atomic mass is 9.92. The fraction of sp³-hybridized carbons (Fsp3) is 0.222. The van der Waals surface area contributed by atoms with Gasteiger partial charge < -0.3 is 10.4 Å². The van der Waals surface area contributed by atoms with E-state index in [2.05, 4.69) is 10.3 Å². The van der Waals surface area contributed by atoms with Crippen molar-refractivity contribution in [3.05, 3.63) is 69.8 Å². The van der Waals surface area contributed by atoms with E-state index >= 15 is 0 Å². The largest absolute Gasteiger partial charge is 0.410 e. The van der Waals surface area contributed by atoms with Crippen molar-refractivity contribution >= 4 is 11.4 Å². The van der Waals surface area contributed by atoms with Crippen LogP contribution >= 0.6 is 0 Å². The van der Waals surface area contributed by atoms with Gasteiger partial charge in [0.2, 0.25) is 0 Å². The molecule has 0 amide bonds. The zero-order chi connectivity index (χ0) is 16.3. The number of aryl methyl sites for hydroxylation is 4. The lowest BCUT2D eigenvalue weighted by Crippen LogP contribution is -2.20. The fourth-order valence-electron chi connectivity index (χ4n) is 2.44. The van der Waals surface area contributed by atoms with Crippen molar-refractivity contribution in [2.24, 2.45) is 10.3 Å². The van der Waals surface area contributed by atoms with Gasteiger partial charge in [0, 0.05) is 11.1 Å². The Balaban J connectivity index is 2.63. The number of hydrogen-bond acceptors (Lipinski definition) is 4. The Morgan fingerprint density at radius 1 is 0.682 bits per heavy atom. The van der Waals surface area contributed by atoms with Crippen molar-refractivity contribution in [3.8, 4) is 0 Å². The van der Waals surface area contributed by atoms with E-state index in [1.54, 1.807) is 0 Å². The van der Waals surface area contributed by atoms with Crippen LogP contribution in [0.15, 0.2) is 46.7 Å². The van der Waals surface area contributed by atoms with Crippen LogP contribution in [0.25, 0.3) is 0 Å². The summed E-state index contributed by atoms with van der Waals surface area (Å²) in [4.78, 5) is 0. The van der Waals surface area contributed by atoms with Gasteiger partial charge in [-0.2, -0.15) is 0 Å². The molecule has 2 N–H and O–H groups in total. The second kappa shape index (κ2) is 6.43. The van der Waals surface area contributed by atoms with Crippen molar-refractivity contribution in [3.63, 3.8) is 0 Å². The molecular weight excluding hydrogens is 276 g/mol. The summed E-state index contributed by atoms with van der Waals surface area (Å²) in [7, 11) is 0. The summed E-state index contributed by atoms with van der Waals surface area (Å²) in [5.41, 5.74) is 6.00. The molecule has 0 aromatic heterocycles. The van der Waals surface area contributed by atoms with Gasteiger partial charge in [-0.15, -0.1) is 0 Å². The third-order valence-corrected chi connectivity index (χ3v) is 3.72. The van der Waals surface area contributed by atoms with Crippen LogP contribution in [-0.4, -0.2) is 21.8 Å². The minimum atomic E-state index is 0.261. The minimum absolute atomic E-state index is 0.261. The van der Waals surface area contributed by atoms with Crippen molar-refractivity contribution in [1.29, 1.82) is 0 Å². The smallest absolute Gasteiger partial charge is 0.139 e. The summed E-state index contributed by atoms with van der Waals surface area (Å²) in [5, 5.41) is 25.8. The van der Waals surface area contributed by atoms with E-state index < -0.39 is 0 Å². The van der Waals surface area contributed by atoms with E-state index in [0.29, 0.717) is 0 Å². The molecule has 22 heavy (non-hydrogen) atoms. The molecule has 2 aromatic carbocycles. The molecule has 0 aliphatic heterocycles. The zero-order valence-corrected chi connectivity index (χ0v) is 13.3. The summed E-state index contributed by atoms with van der Waals surface area (Å²) < 4.78 is 0. The molecule has 0 aliphatic rings. The number of rotatable bonds is 3. The van der Waals surface area contributed by atoms with Gasteiger partial charge in [0.05, 0.1) is 0 Å². The van der Waals surface area contributed by atoms with Crippen LogP contribution in [0.2, 0.25) is 0 Å². The Morgan fingerprint density at radius 2 is 1.05 bits per heavy atom. The number of hydrogen-bond donors (Lipinski definition) is 2. The molecule has 4 heteroatoms. The zero-order valence-electron chi connectivity index (χ0n) is 13.3. The van der Waals surface area contributed by atoms with Gasteiger partial charge in [0.25, 0.3) is 0 Å². The summed E-state index contributed by atoms with van der Waals surface area (Å²) in [6.07, 6.45) is 0. The van der Waals surface area contributed by atoms with Crippen LogP contribution in [0, 0.1) is 27.7 Å². The van der Waals surface area contributed by atoms with Crippen LogP contribution < -0.4 is 0 Å².